The Morgan fingerprint density at radius 2 is 2.07 bits per heavy atom. The van der Waals surface area contributed by atoms with Gasteiger partial charge in [-0.15, -0.1) is 0 Å². The smallest absolute Gasteiger partial charge is 0.0588 e. The lowest BCUT2D eigenvalue weighted by Gasteiger charge is -2.28. The first kappa shape index (κ1) is 12.0. The highest BCUT2D eigenvalue weighted by atomic mass is 16.5. The van der Waals surface area contributed by atoms with E-state index < -0.39 is 0 Å². The van der Waals surface area contributed by atoms with Crippen molar-refractivity contribution in [3.8, 4) is 0 Å². The molecule has 3 nitrogen and oxygen atoms in total. The van der Waals surface area contributed by atoms with Crippen molar-refractivity contribution in [2.45, 2.75) is 26.2 Å². The van der Waals surface area contributed by atoms with Crippen LogP contribution in [0.1, 0.15) is 26.2 Å². The molecule has 1 atom stereocenters. The number of hydrogen-bond acceptors (Lipinski definition) is 3. The molecular formula is C11H24N2O. The van der Waals surface area contributed by atoms with Crippen LogP contribution in [0.25, 0.3) is 0 Å². The van der Waals surface area contributed by atoms with Gasteiger partial charge in [0.25, 0.3) is 0 Å². The molecule has 0 aromatic carbocycles. The van der Waals surface area contributed by atoms with Crippen molar-refractivity contribution in [3.05, 3.63) is 0 Å². The van der Waals surface area contributed by atoms with E-state index in [0.717, 1.165) is 18.4 Å². The summed E-state index contributed by atoms with van der Waals surface area (Å²) in [5.41, 5.74) is 5.35. The van der Waals surface area contributed by atoms with Gasteiger partial charge in [0.2, 0.25) is 0 Å². The van der Waals surface area contributed by atoms with E-state index in [1.807, 2.05) is 0 Å². The molecule has 0 aliphatic carbocycles. The van der Waals surface area contributed by atoms with Gasteiger partial charge in [-0.05, 0) is 44.2 Å². The van der Waals surface area contributed by atoms with Crippen molar-refractivity contribution in [3.63, 3.8) is 0 Å². The van der Waals surface area contributed by atoms with Gasteiger partial charge >= 0.3 is 0 Å². The van der Waals surface area contributed by atoms with Crippen LogP contribution in [-0.2, 0) is 4.74 Å². The molecule has 3 N–H and O–H groups in total. The minimum atomic E-state index is 0.641. The van der Waals surface area contributed by atoms with Crippen LogP contribution >= 0.6 is 0 Å². The summed E-state index contributed by atoms with van der Waals surface area (Å²) in [6.45, 7) is 6.96. The first-order valence-electron chi connectivity index (χ1n) is 5.83. The number of hydrogen-bond donors (Lipinski definition) is 2. The minimum absolute atomic E-state index is 0.641. The van der Waals surface area contributed by atoms with E-state index in [0.29, 0.717) is 13.2 Å². The molecule has 1 fully saturated rings. The molecule has 1 rings (SSSR count). The second kappa shape index (κ2) is 7.21. The van der Waals surface area contributed by atoms with Crippen LogP contribution in [0.5, 0.6) is 0 Å². The van der Waals surface area contributed by atoms with E-state index in [2.05, 4.69) is 12.2 Å². The van der Waals surface area contributed by atoms with Gasteiger partial charge in [-0.1, -0.05) is 6.92 Å². The van der Waals surface area contributed by atoms with Gasteiger partial charge in [0.05, 0.1) is 6.61 Å². The summed E-state index contributed by atoms with van der Waals surface area (Å²) in [5, 5.41) is 3.40. The fourth-order valence-corrected chi connectivity index (χ4v) is 2.10. The highest BCUT2D eigenvalue weighted by Gasteiger charge is 2.19. The fraction of sp³-hybridized carbons (Fsp3) is 1.00. The minimum Gasteiger partial charge on any atom is -0.380 e. The van der Waals surface area contributed by atoms with Crippen LogP contribution in [0.4, 0.5) is 0 Å². The quantitative estimate of drug-likeness (QED) is 0.629. The molecule has 0 radical (unpaired) electrons. The number of ether oxygens (including phenoxy) is 1. The summed E-state index contributed by atoms with van der Waals surface area (Å²) < 4.78 is 5.40. The van der Waals surface area contributed by atoms with Gasteiger partial charge in [0.15, 0.2) is 0 Å². The normalized spacial score (nSPS) is 21.0. The van der Waals surface area contributed by atoms with Gasteiger partial charge in [0.1, 0.15) is 0 Å². The Kier molecular flexibility index (Phi) is 6.15. The lowest BCUT2D eigenvalue weighted by Crippen LogP contribution is -2.31. The molecule has 14 heavy (non-hydrogen) atoms. The summed E-state index contributed by atoms with van der Waals surface area (Å²) in [7, 11) is 0. The van der Waals surface area contributed by atoms with Crippen LogP contribution in [0.15, 0.2) is 0 Å². The van der Waals surface area contributed by atoms with Gasteiger partial charge in [-0.2, -0.15) is 0 Å². The molecule has 1 heterocycles. The molecule has 3 heteroatoms. The van der Waals surface area contributed by atoms with Gasteiger partial charge in [0, 0.05) is 13.2 Å². The van der Waals surface area contributed by atoms with Gasteiger partial charge in [-0.3, -0.25) is 0 Å². The van der Waals surface area contributed by atoms with Crippen LogP contribution in [0.2, 0.25) is 0 Å². The summed E-state index contributed by atoms with van der Waals surface area (Å²) in [6.07, 6.45) is 3.85. The maximum absolute atomic E-state index is 5.40. The molecule has 0 aromatic rings. The third-order valence-corrected chi connectivity index (χ3v) is 3.17. The van der Waals surface area contributed by atoms with Crippen LogP contribution < -0.4 is 11.1 Å². The highest BCUT2D eigenvalue weighted by Crippen LogP contribution is 2.23. The third kappa shape index (κ3) is 4.40. The van der Waals surface area contributed by atoms with Crippen molar-refractivity contribution in [2.24, 2.45) is 17.6 Å². The Hall–Kier alpha value is -0.120. The first-order valence-corrected chi connectivity index (χ1v) is 5.83. The van der Waals surface area contributed by atoms with Crippen LogP contribution in [0, 0.1) is 11.8 Å². The van der Waals surface area contributed by atoms with Gasteiger partial charge in [-0.25, -0.2) is 0 Å². The van der Waals surface area contributed by atoms with E-state index in [1.165, 1.54) is 32.4 Å². The fourth-order valence-electron chi connectivity index (χ4n) is 2.10. The van der Waals surface area contributed by atoms with Crippen molar-refractivity contribution in [1.82, 2.24) is 5.32 Å². The Balaban J connectivity index is 2.04. The van der Waals surface area contributed by atoms with E-state index in [9.17, 15) is 0 Å². The summed E-state index contributed by atoms with van der Waals surface area (Å²) in [6, 6.07) is 0. The average molecular weight is 200 g/mol. The lowest BCUT2D eigenvalue weighted by atomic mass is 9.84. The van der Waals surface area contributed by atoms with Crippen molar-refractivity contribution in [2.75, 3.05) is 32.8 Å². The van der Waals surface area contributed by atoms with Crippen LogP contribution in [-0.4, -0.2) is 32.8 Å². The predicted octanol–water partition coefficient (Wildman–Crippen LogP) is 0.987. The highest BCUT2D eigenvalue weighted by molar-refractivity contribution is 4.73. The van der Waals surface area contributed by atoms with Crippen molar-refractivity contribution < 1.29 is 4.74 Å². The Bertz CT molecular complexity index is 135. The third-order valence-electron chi connectivity index (χ3n) is 3.17. The number of rotatable bonds is 6. The second-order valence-electron chi connectivity index (χ2n) is 4.25. The molecule has 1 aliphatic rings. The average Bonchev–Trinajstić information content (AvgIpc) is 2.25. The van der Waals surface area contributed by atoms with Crippen molar-refractivity contribution >= 4 is 0 Å². The number of nitrogens with one attached hydrogen (secondary N) is 1. The summed E-state index contributed by atoms with van der Waals surface area (Å²) >= 11 is 0. The zero-order chi connectivity index (χ0) is 10.2. The summed E-state index contributed by atoms with van der Waals surface area (Å²) in [4.78, 5) is 0. The molecule has 0 aromatic heterocycles. The Morgan fingerprint density at radius 1 is 1.36 bits per heavy atom. The first-order chi connectivity index (χ1) is 6.84. The molecule has 0 saturated carbocycles. The maximum atomic E-state index is 5.40. The molecule has 1 unspecified atom stereocenters. The Labute approximate surface area is 87.4 Å². The summed E-state index contributed by atoms with van der Waals surface area (Å²) in [5.74, 6) is 1.70. The van der Waals surface area contributed by atoms with E-state index in [4.69, 9.17) is 10.5 Å². The molecule has 0 amide bonds. The maximum Gasteiger partial charge on any atom is 0.0588 e. The van der Waals surface area contributed by atoms with E-state index in [1.54, 1.807) is 0 Å². The second-order valence-corrected chi connectivity index (χ2v) is 4.25. The Morgan fingerprint density at radius 3 is 2.71 bits per heavy atom. The zero-order valence-corrected chi connectivity index (χ0v) is 9.30. The van der Waals surface area contributed by atoms with E-state index >= 15 is 0 Å². The monoisotopic (exact) mass is 200 g/mol. The molecule has 0 spiro atoms. The van der Waals surface area contributed by atoms with E-state index in [-0.39, 0.29) is 0 Å². The number of nitrogens with two attached hydrogens (primary N) is 1. The molecular weight excluding hydrogens is 176 g/mol. The predicted molar refractivity (Wildman–Crippen MR) is 59.2 cm³/mol. The van der Waals surface area contributed by atoms with Crippen LogP contribution in [0.3, 0.4) is 0 Å². The van der Waals surface area contributed by atoms with Gasteiger partial charge < -0.3 is 15.8 Å². The van der Waals surface area contributed by atoms with Crippen molar-refractivity contribution in [1.29, 1.82) is 0 Å². The SMILES string of the molecule is CC(CCOCCN)C1CCNCC1. The molecule has 1 aliphatic heterocycles. The zero-order valence-electron chi connectivity index (χ0n) is 9.30. The largest absolute Gasteiger partial charge is 0.380 e. The lowest BCUT2D eigenvalue weighted by molar-refractivity contribution is 0.114. The standard InChI is InChI=1S/C11H24N2O/c1-10(4-8-14-9-5-12)11-2-6-13-7-3-11/h10-11,13H,2-9,12H2,1H3. The number of piperidine rings is 1. The molecule has 84 valence electrons. The molecule has 1 saturated heterocycles. The molecule has 0 bridgehead atoms. The topological polar surface area (TPSA) is 47.3 Å².